The van der Waals surface area contributed by atoms with Gasteiger partial charge < -0.3 is 15.7 Å². The molecule has 4 heteroatoms. The van der Waals surface area contributed by atoms with E-state index in [1.165, 1.54) is 11.1 Å². The summed E-state index contributed by atoms with van der Waals surface area (Å²) in [5, 5.41) is 15.4. The average Bonchev–Trinajstić information content (AvgIpc) is 2.23. The van der Waals surface area contributed by atoms with E-state index in [-0.39, 0.29) is 12.0 Å². The Balaban J connectivity index is 1.97. The van der Waals surface area contributed by atoms with Crippen LogP contribution >= 0.6 is 0 Å². The van der Waals surface area contributed by atoms with Crippen LogP contribution in [0.3, 0.4) is 0 Å². The topological polar surface area (TPSA) is 61.4 Å². The molecule has 0 spiro atoms. The van der Waals surface area contributed by atoms with E-state index in [4.69, 9.17) is 5.11 Å². The lowest BCUT2D eigenvalue weighted by molar-refractivity contribution is -0.139. The molecule has 0 aromatic heterocycles. The predicted molar refractivity (Wildman–Crippen MR) is 65.9 cm³/mol. The van der Waals surface area contributed by atoms with Crippen LogP contribution < -0.4 is 10.6 Å². The highest BCUT2D eigenvalue weighted by atomic mass is 16.4. The van der Waals surface area contributed by atoms with Crippen LogP contribution in [0, 0.1) is 6.92 Å². The van der Waals surface area contributed by atoms with Crippen molar-refractivity contribution in [3.05, 3.63) is 35.4 Å². The van der Waals surface area contributed by atoms with Crippen LogP contribution in [-0.2, 0) is 11.3 Å². The van der Waals surface area contributed by atoms with Crippen LogP contribution in [0.25, 0.3) is 0 Å². The van der Waals surface area contributed by atoms with Gasteiger partial charge in [-0.1, -0.05) is 24.3 Å². The molecule has 1 aromatic carbocycles. The van der Waals surface area contributed by atoms with E-state index in [1.807, 2.05) is 12.1 Å². The van der Waals surface area contributed by atoms with E-state index in [9.17, 15) is 4.79 Å². The molecule has 0 amide bonds. The fraction of sp³-hybridized carbons (Fsp3) is 0.462. The molecule has 0 saturated carbocycles. The third-order valence-corrected chi connectivity index (χ3v) is 3.33. The van der Waals surface area contributed by atoms with Crippen molar-refractivity contribution in [2.45, 2.75) is 25.4 Å². The molecule has 0 atom stereocenters. The summed E-state index contributed by atoms with van der Waals surface area (Å²) in [6, 6.07) is 8.16. The number of rotatable bonds is 5. The van der Waals surface area contributed by atoms with Gasteiger partial charge in [0.05, 0.1) is 12.0 Å². The number of carboxylic acid groups (broad SMARTS) is 1. The maximum absolute atomic E-state index is 10.8. The molecule has 0 bridgehead atoms. The molecule has 3 N–H and O–H groups in total. The fourth-order valence-electron chi connectivity index (χ4n) is 2.12. The molecule has 0 radical (unpaired) electrons. The second-order valence-corrected chi connectivity index (χ2v) is 4.73. The maximum atomic E-state index is 10.8. The van der Waals surface area contributed by atoms with Crippen LogP contribution in [0.4, 0.5) is 0 Å². The highest BCUT2D eigenvalue weighted by molar-refractivity contribution is 5.68. The molecular weight excluding hydrogens is 216 g/mol. The van der Waals surface area contributed by atoms with Gasteiger partial charge in [0, 0.05) is 19.6 Å². The van der Waals surface area contributed by atoms with Gasteiger partial charge in [-0.05, 0) is 18.1 Å². The lowest BCUT2D eigenvalue weighted by atomic mass is 9.88. The normalized spacial score (nSPS) is 17.5. The molecule has 1 saturated heterocycles. The average molecular weight is 234 g/mol. The third kappa shape index (κ3) is 2.84. The van der Waals surface area contributed by atoms with Crippen molar-refractivity contribution in [2.75, 3.05) is 13.1 Å². The lowest BCUT2D eigenvalue weighted by Crippen LogP contribution is -2.68. The second-order valence-electron chi connectivity index (χ2n) is 4.73. The van der Waals surface area contributed by atoms with Gasteiger partial charge in [-0.25, -0.2) is 0 Å². The number of hydrogen-bond donors (Lipinski definition) is 3. The van der Waals surface area contributed by atoms with Crippen molar-refractivity contribution in [3.8, 4) is 0 Å². The number of aliphatic carboxylic acids is 1. The number of benzene rings is 1. The molecule has 1 aliphatic rings. The van der Waals surface area contributed by atoms with Crippen LogP contribution in [-0.4, -0.2) is 29.7 Å². The van der Waals surface area contributed by atoms with E-state index in [0.29, 0.717) is 0 Å². The minimum atomic E-state index is -0.746. The van der Waals surface area contributed by atoms with Gasteiger partial charge in [0.1, 0.15) is 0 Å². The van der Waals surface area contributed by atoms with Gasteiger partial charge in [0.2, 0.25) is 0 Å². The van der Waals surface area contributed by atoms with Crippen molar-refractivity contribution >= 4 is 5.97 Å². The van der Waals surface area contributed by atoms with Crippen LogP contribution in [0.2, 0.25) is 0 Å². The highest BCUT2D eigenvalue weighted by Gasteiger charge is 2.38. The second kappa shape index (κ2) is 4.85. The number of aryl methyl sites for hydroxylation is 1. The number of hydrogen-bond acceptors (Lipinski definition) is 3. The Morgan fingerprint density at radius 1 is 1.47 bits per heavy atom. The molecule has 2 rings (SSSR count). The number of nitrogens with one attached hydrogen (secondary N) is 2. The SMILES string of the molecule is Cc1ccccc1CNC1(CC(=O)O)CNC1. The summed E-state index contributed by atoms with van der Waals surface area (Å²) in [7, 11) is 0. The Kier molecular flexibility index (Phi) is 3.45. The smallest absolute Gasteiger partial charge is 0.305 e. The zero-order valence-corrected chi connectivity index (χ0v) is 9.99. The van der Waals surface area contributed by atoms with Crippen LogP contribution in [0.15, 0.2) is 24.3 Å². The lowest BCUT2D eigenvalue weighted by Gasteiger charge is -2.42. The minimum Gasteiger partial charge on any atom is -0.481 e. The summed E-state index contributed by atoms with van der Waals surface area (Å²) < 4.78 is 0. The Labute approximate surface area is 101 Å². The first-order valence-corrected chi connectivity index (χ1v) is 5.83. The third-order valence-electron chi connectivity index (χ3n) is 3.33. The Hall–Kier alpha value is -1.39. The predicted octanol–water partition coefficient (Wildman–Crippen LogP) is 0.901. The van der Waals surface area contributed by atoms with E-state index in [1.54, 1.807) is 0 Å². The molecule has 0 aliphatic carbocycles. The van der Waals surface area contributed by atoms with Crippen LogP contribution in [0.1, 0.15) is 17.5 Å². The van der Waals surface area contributed by atoms with Crippen LogP contribution in [0.5, 0.6) is 0 Å². The monoisotopic (exact) mass is 234 g/mol. The number of carboxylic acids is 1. The van der Waals surface area contributed by atoms with Gasteiger partial charge in [-0.2, -0.15) is 0 Å². The van der Waals surface area contributed by atoms with E-state index in [2.05, 4.69) is 29.7 Å². The zero-order chi connectivity index (χ0) is 12.3. The fourth-order valence-corrected chi connectivity index (χ4v) is 2.12. The van der Waals surface area contributed by atoms with Gasteiger partial charge in [0.25, 0.3) is 0 Å². The molecule has 1 fully saturated rings. The molecular formula is C13H18N2O2. The summed E-state index contributed by atoms with van der Waals surface area (Å²) >= 11 is 0. The molecule has 4 nitrogen and oxygen atoms in total. The van der Waals surface area contributed by atoms with E-state index < -0.39 is 5.97 Å². The minimum absolute atomic E-state index is 0.173. The summed E-state index contributed by atoms with van der Waals surface area (Å²) in [4.78, 5) is 10.8. The first-order chi connectivity index (χ1) is 8.11. The summed E-state index contributed by atoms with van der Waals surface area (Å²) in [6.45, 7) is 4.25. The largest absolute Gasteiger partial charge is 0.481 e. The standard InChI is InChI=1S/C13H18N2O2/c1-10-4-2-3-5-11(10)7-15-13(6-12(16)17)8-14-9-13/h2-5,14-15H,6-9H2,1H3,(H,16,17). The Morgan fingerprint density at radius 3 is 2.71 bits per heavy atom. The molecule has 1 aromatic rings. The van der Waals surface area contributed by atoms with E-state index in [0.717, 1.165) is 19.6 Å². The quantitative estimate of drug-likeness (QED) is 0.708. The summed E-state index contributed by atoms with van der Waals surface area (Å²) in [6.07, 6.45) is 0.173. The van der Waals surface area contributed by atoms with Gasteiger partial charge in [0.15, 0.2) is 0 Å². The molecule has 92 valence electrons. The Morgan fingerprint density at radius 2 is 2.18 bits per heavy atom. The Bertz CT molecular complexity index is 414. The number of carbonyl (C=O) groups is 1. The van der Waals surface area contributed by atoms with Crippen molar-refractivity contribution < 1.29 is 9.90 Å². The molecule has 1 heterocycles. The van der Waals surface area contributed by atoms with Gasteiger partial charge in [-0.3, -0.25) is 4.79 Å². The van der Waals surface area contributed by atoms with Gasteiger partial charge in [-0.15, -0.1) is 0 Å². The zero-order valence-electron chi connectivity index (χ0n) is 9.99. The molecule has 17 heavy (non-hydrogen) atoms. The van der Waals surface area contributed by atoms with E-state index >= 15 is 0 Å². The highest BCUT2D eigenvalue weighted by Crippen LogP contribution is 2.17. The molecule has 0 unspecified atom stereocenters. The van der Waals surface area contributed by atoms with Crippen molar-refractivity contribution in [1.82, 2.24) is 10.6 Å². The van der Waals surface area contributed by atoms with Crippen molar-refractivity contribution in [1.29, 1.82) is 0 Å². The maximum Gasteiger partial charge on any atom is 0.305 e. The first kappa shape index (κ1) is 12.1. The summed E-state index contributed by atoms with van der Waals surface area (Å²) in [5.41, 5.74) is 2.19. The molecule has 1 aliphatic heterocycles. The van der Waals surface area contributed by atoms with Crippen molar-refractivity contribution in [2.24, 2.45) is 0 Å². The first-order valence-electron chi connectivity index (χ1n) is 5.83. The van der Waals surface area contributed by atoms with Gasteiger partial charge >= 0.3 is 5.97 Å². The summed E-state index contributed by atoms with van der Waals surface area (Å²) in [5.74, 6) is -0.746. The van der Waals surface area contributed by atoms with Crippen molar-refractivity contribution in [3.63, 3.8) is 0 Å².